The molecule has 2 rings (SSSR count). The van der Waals surface area contributed by atoms with Crippen molar-refractivity contribution in [2.75, 3.05) is 13.2 Å². The van der Waals surface area contributed by atoms with Crippen LogP contribution in [0.25, 0.3) is 0 Å². The Balaban J connectivity index is 2.07. The summed E-state index contributed by atoms with van der Waals surface area (Å²) < 4.78 is 0. The first kappa shape index (κ1) is 15.1. The highest BCUT2D eigenvalue weighted by Gasteiger charge is 2.21. The Morgan fingerprint density at radius 1 is 1.52 bits per heavy atom. The number of nitrogens with one attached hydrogen (secondary N) is 2. The van der Waals surface area contributed by atoms with Crippen LogP contribution in [0.1, 0.15) is 34.3 Å². The quantitative estimate of drug-likeness (QED) is 0.702. The van der Waals surface area contributed by atoms with Gasteiger partial charge in [0.05, 0.1) is 5.56 Å². The van der Waals surface area contributed by atoms with Gasteiger partial charge in [-0.05, 0) is 25.5 Å². The Labute approximate surface area is 123 Å². The van der Waals surface area contributed by atoms with Crippen LogP contribution in [0.15, 0.2) is 18.2 Å². The van der Waals surface area contributed by atoms with E-state index < -0.39 is 0 Å². The van der Waals surface area contributed by atoms with E-state index in [-0.39, 0.29) is 24.5 Å². The molecule has 1 saturated heterocycles. The highest BCUT2D eigenvalue weighted by molar-refractivity contribution is 5.97. The fourth-order valence-electron chi connectivity index (χ4n) is 2.23. The minimum absolute atomic E-state index is 0.00163. The van der Waals surface area contributed by atoms with Gasteiger partial charge in [-0.1, -0.05) is 23.5 Å². The van der Waals surface area contributed by atoms with Gasteiger partial charge in [0.15, 0.2) is 0 Å². The zero-order valence-electron chi connectivity index (χ0n) is 11.9. The number of carbonyl (C=O) groups excluding carboxylic acids is 2. The Kier molecular flexibility index (Phi) is 4.96. The van der Waals surface area contributed by atoms with Crippen LogP contribution in [0, 0.1) is 18.8 Å². The van der Waals surface area contributed by atoms with Crippen molar-refractivity contribution < 1.29 is 14.7 Å². The van der Waals surface area contributed by atoms with Crippen LogP contribution in [0.5, 0.6) is 0 Å². The minimum Gasteiger partial charge on any atom is -0.384 e. The molecule has 1 aliphatic rings. The van der Waals surface area contributed by atoms with Crippen LogP contribution >= 0.6 is 0 Å². The molecule has 5 nitrogen and oxygen atoms in total. The predicted molar refractivity (Wildman–Crippen MR) is 78.6 cm³/mol. The minimum atomic E-state index is -0.247. The number of benzene rings is 1. The molecule has 0 aromatic heterocycles. The summed E-state index contributed by atoms with van der Waals surface area (Å²) in [7, 11) is 0. The number of rotatable bonds is 3. The van der Waals surface area contributed by atoms with E-state index in [1.54, 1.807) is 12.1 Å². The molecule has 1 unspecified atom stereocenters. The number of amides is 2. The van der Waals surface area contributed by atoms with Gasteiger partial charge in [0.25, 0.3) is 5.91 Å². The second kappa shape index (κ2) is 6.91. The van der Waals surface area contributed by atoms with E-state index in [2.05, 4.69) is 22.5 Å². The first-order valence-electron chi connectivity index (χ1n) is 6.88. The third kappa shape index (κ3) is 4.07. The van der Waals surface area contributed by atoms with E-state index in [0.29, 0.717) is 24.1 Å². The molecule has 0 saturated carbocycles. The Morgan fingerprint density at radius 2 is 2.33 bits per heavy atom. The molecule has 0 bridgehead atoms. The third-order valence-electron chi connectivity index (χ3n) is 3.32. The molecular formula is C16H18N2O3. The molecule has 3 N–H and O–H groups in total. The molecule has 1 fully saturated rings. The van der Waals surface area contributed by atoms with Gasteiger partial charge in [-0.2, -0.15) is 0 Å². The Bertz CT molecular complexity index is 614. The Morgan fingerprint density at radius 3 is 3.00 bits per heavy atom. The first-order valence-corrected chi connectivity index (χ1v) is 6.88. The van der Waals surface area contributed by atoms with Crippen LogP contribution in [-0.2, 0) is 4.79 Å². The van der Waals surface area contributed by atoms with E-state index in [0.717, 1.165) is 12.0 Å². The largest absolute Gasteiger partial charge is 0.384 e. The molecule has 1 aromatic carbocycles. The lowest BCUT2D eigenvalue weighted by Gasteiger charge is -2.12. The maximum absolute atomic E-state index is 12.3. The van der Waals surface area contributed by atoms with Crippen molar-refractivity contribution >= 4 is 11.8 Å². The summed E-state index contributed by atoms with van der Waals surface area (Å²) in [5.41, 5.74) is 2.03. The number of aryl methyl sites for hydroxylation is 1. The average molecular weight is 286 g/mol. The van der Waals surface area contributed by atoms with E-state index in [9.17, 15) is 9.59 Å². The van der Waals surface area contributed by atoms with Crippen molar-refractivity contribution in [3.63, 3.8) is 0 Å². The zero-order chi connectivity index (χ0) is 15.2. The predicted octanol–water partition coefficient (Wildman–Crippen LogP) is 0.347. The van der Waals surface area contributed by atoms with Gasteiger partial charge in [-0.15, -0.1) is 0 Å². The normalized spacial score (nSPS) is 16.9. The standard InChI is InChI=1S/C16H18N2O3/c1-11-4-5-12(3-2-8-19)14(9-11)16(21)17-10-13-6-7-15(20)18-13/h4-5,9,13,19H,6-8,10H2,1H3,(H,17,21)(H,18,20). The monoisotopic (exact) mass is 286 g/mol. The van der Waals surface area contributed by atoms with Crippen molar-refractivity contribution in [2.45, 2.75) is 25.8 Å². The summed E-state index contributed by atoms with van der Waals surface area (Å²) in [5, 5.41) is 14.4. The molecule has 1 atom stereocenters. The average Bonchev–Trinajstić information content (AvgIpc) is 2.89. The lowest BCUT2D eigenvalue weighted by Crippen LogP contribution is -2.38. The smallest absolute Gasteiger partial charge is 0.252 e. The number of aliphatic hydroxyl groups is 1. The number of carbonyl (C=O) groups is 2. The van der Waals surface area contributed by atoms with E-state index >= 15 is 0 Å². The molecule has 1 heterocycles. The van der Waals surface area contributed by atoms with E-state index in [4.69, 9.17) is 5.11 Å². The van der Waals surface area contributed by atoms with Gasteiger partial charge in [0, 0.05) is 24.6 Å². The van der Waals surface area contributed by atoms with Gasteiger partial charge in [0.1, 0.15) is 6.61 Å². The number of hydrogen-bond donors (Lipinski definition) is 3. The SMILES string of the molecule is Cc1ccc(C#CCO)c(C(=O)NCC2CCC(=O)N2)c1. The molecular weight excluding hydrogens is 268 g/mol. The molecule has 5 heteroatoms. The zero-order valence-corrected chi connectivity index (χ0v) is 11.9. The topological polar surface area (TPSA) is 78.4 Å². The van der Waals surface area contributed by atoms with Crippen molar-refractivity contribution in [1.29, 1.82) is 0 Å². The van der Waals surface area contributed by atoms with Gasteiger partial charge in [0.2, 0.25) is 5.91 Å². The number of aliphatic hydroxyl groups excluding tert-OH is 1. The third-order valence-corrected chi connectivity index (χ3v) is 3.32. The molecule has 1 aromatic rings. The Hall–Kier alpha value is -2.32. The molecule has 0 aliphatic carbocycles. The van der Waals surface area contributed by atoms with Crippen LogP contribution in [0.4, 0.5) is 0 Å². The summed E-state index contributed by atoms with van der Waals surface area (Å²) in [6.07, 6.45) is 1.25. The first-order chi connectivity index (χ1) is 10.1. The lowest BCUT2D eigenvalue weighted by molar-refractivity contribution is -0.119. The highest BCUT2D eigenvalue weighted by Crippen LogP contribution is 2.11. The van der Waals surface area contributed by atoms with E-state index in [1.165, 1.54) is 0 Å². The summed E-state index contributed by atoms with van der Waals surface area (Å²) >= 11 is 0. The molecule has 2 amide bonds. The molecule has 0 spiro atoms. The second-order valence-corrected chi connectivity index (χ2v) is 5.02. The van der Waals surface area contributed by atoms with Crippen LogP contribution in [0.2, 0.25) is 0 Å². The summed E-state index contributed by atoms with van der Waals surface area (Å²) in [4.78, 5) is 23.4. The van der Waals surface area contributed by atoms with E-state index in [1.807, 2.05) is 13.0 Å². The van der Waals surface area contributed by atoms with Gasteiger partial charge >= 0.3 is 0 Å². The number of hydrogen-bond acceptors (Lipinski definition) is 3. The summed E-state index contributed by atoms with van der Waals surface area (Å²) in [5.74, 6) is 5.13. The van der Waals surface area contributed by atoms with Gasteiger partial charge in [-0.25, -0.2) is 0 Å². The molecule has 21 heavy (non-hydrogen) atoms. The van der Waals surface area contributed by atoms with Crippen LogP contribution < -0.4 is 10.6 Å². The maximum Gasteiger partial charge on any atom is 0.252 e. The van der Waals surface area contributed by atoms with Crippen molar-refractivity contribution in [3.05, 3.63) is 34.9 Å². The molecule has 110 valence electrons. The summed E-state index contributed by atoms with van der Waals surface area (Å²) in [6, 6.07) is 5.40. The van der Waals surface area contributed by atoms with Gasteiger partial charge < -0.3 is 15.7 Å². The maximum atomic E-state index is 12.3. The fourth-order valence-corrected chi connectivity index (χ4v) is 2.23. The van der Waals surface area contributed by atoms with Gasteiger partial charge in [-0.3, -0.25) is 9.59 Å². The summed E-state index contributed by atoms with van der Waals surface area (Å²) in [6.45, 7) is 2.06. The van der Waals surface area contributed by atoms with Crippen LogP contribution in [0.3, 0.4) is 0 Å². The molecule has 1 aliphatic heterocycles. The van der Waals surface area contributed by atoms with Crippen LogP contribution in [-0.4, -0.2) is 36.1 Å². The van der Waals surface area contributed by atoms with Crippen molar-refractivity contribution in [3.8, 4) is 11.8 Å². The fraction of sp³-hybridized carbons (Fsp3) is 0.375. The lowest BCUT2D eigenvalue weighted by atomic mass is 10.0. The van der Waals surface area contributed by atoms with Crippen molar-refractivity contribution in [2.24, 2.45) is 0 Å². The molecule has 0 radical (unpaired) electrons. The van der Waals surface area contributed by atoms with Crippen molar-refractivity contribution in [1.82, 2.24) is 10.6 Å². The second-order valence-electron chi connectivity index (χ2n) is 5.02. The highest BCUT2D eigenvalue weighted by atomic mass is 16.2.